The lowest BCUT2D eigenvalue weighted by Gasteiger charge is -2.22. The van der Waals surface area contributed by atoms with Gasteiger partial charge in [0.25, 0.3) is 0 Å². The number of anilines is 3. The van der Waals surface area contributed by atoms with E-state index >= 15 is 0 Å². The molecular weight excluding hydrogens is 406 g/mol. The van der Waals surface area contributed by atoms with E-state index in [4.69, 9.17) is 10.7 Å². The van der Waals surface area contributed by atoms with Crippen LogP contribution < -0.4 is 11.1 Å². The second-order valence-corrected chi connectivity index (χ2v) is 8.78. The molecular formula is C23H25N7S. The number of nitrogens with two attached hydrogens (primary N) is 1. The molecule has 2 aromatic heterocycles. The predicted octanol–water partition coefficient (Wildman–Crippen LogP) is 4.71. The monoisotopic (exact) mass is 431 g/mol. The summed E-state index contributed by atoms with van der Waals surface area (Å²) in [4.78, 5) is 20.7. The van der Waals surface area contributed by atoms with Gasteiger partial charge in [-0.1, -0.05) is 37.3 Å². The van der Waals surface area contributed by atoms with Gasteiger partial charge >= 0.3 is 0 Å². The highest BCUT2D eigenvalue weighted by atomic mass is 32.1. The van der Waals surface area contributed by atoms with Crippen LogP contribution in [0.3, 0.4) is 0 Å². The molecule has 2 aromatic carbocycles. The van der Waals surface area contributed by atoms with Gasteiger partial charge in [-0.15, -0.1) is 11.3 Å². The lowest BCUT2D eigenvalue weighted by molar-refractivity contribution is 0.242. The van der Waals surface area contributed by atoms with Crippen LogP contribution in [-0.4, -0.2) is 31.4 Å². The fraction of sp³-hybridized carbons (Fsp3) is 0.304. The molecule has 1 saturated heterocycles. The summed E-state index contributed by atoms with van der Waals surface area (Å²) in [5, 5.41) is 4.48. The summed E-state index contributed by atoms with van der Waals surface area (Å²) in [6.45, 7) is 3.74. The predicted molar refractivity (Wildman–Crippen MR) is 125 cm³/mol. The number of aryl methyl sites for hydroxylation is 1. The molecule has 0 radical (unpaired) electrons. The molecule has 1 fully saturated rings. The summed E-state index contributed by atoms with van der Waals surface area (Å²) < 4.78 is 1.23. The minimum absolute atomic E-state index is 0.234. The molecule has 0 unspecified atom stereocenters. The number of likely N-dealkylation sites (tertiary alicyclic amines) is 1. The Labute approximate surface area is 185 Å². The van der Waals surface area contributed by atoms with Crippen molar-refractivity contribution in [3.05, 3.63) is 64.9 Å². The Kier molecular flexibility index (Phi) is 5.48. The molecule has 0 saturated carbocycles. The van der Waals surface area contributed by atoms with Crippen molar-refractivity contribution >= 4 is 39.1 Å². The molecule has 0 spiro atoms. The van der Waals surface area contributed by atoms with E-state index in [2.05, 4.69) is 56.4 Å². The number of thiazole rings is 1. The molecule has 0 bridgehead atoms. The van der Waals surface area contributed by atoms with Crippen LogP contribution in [0.15, 0.2) is 48.5 Å². The van der Waals surface area contributed by atoms with Crippen molar-refractivity contribution in [1.29, 1.82) is 0 Å². The van der Waals surface area contributed by atoms with E-state index in [9.17, 15) is 0 Å². The molecule has 158 valence electrons. The molecule has 31 heavy (non-hydrogen) atoms. The van der Waals surface area contributed by atoms with Gasteiger partial charge in [0.15, 0.2) is 0 Å². The average molecular weight is 432 g/mol. The molecule has 4 aromatic rings. The second kappa shape index (κ2) is 8.56. The number of benzene rings is 2. The average Bonchev–Trinajstić information content (AvgIpc) is 3.40. The molecule has 1 aliphatic rings. The van der Waals surface area contributed by atoms with Crippen LogP contribution >= 0.6 is 11.3 Å². The minimum atomic E-state index is 0.234. The SMILES string of the molecule is CCc1ccccc1Nc1nc(N)nc(CN2CCC[C@H]2c2nc3ccccc3s2)n1. The Morgan fingerprint density at radius 1 is 1.06 bits per heavy atom. The third-order valence-corrected chi connectivity index (χ3v) is 6.79. The van der Waals surface area contributed by atoms with Crippen molar-refractivity contribution in [1.82, 2.24) is 24.8 Å². The summed E-state index contributed by atoms with van der Waals surface area (Å²) in [7, 11) is 0. The Bertz CT molecular complexity index is 1170. The molecule has 1 aliphatic heterocycles. The third kappa shape index (κ3) is 4.22. The lowest BCUT2D eigenvalue weighted by atomic mass is 10.1. The molecule has 3 N–H and O–H groups in total. The standard InChI is InChI=1S/C23H25N7S/c1-2-15-8-3-4-9-16(15)26-23-28-20(27-22(24)29-23)14-30-13-7-11-18(30)21-25-17-10-5-6-12-19(17)31-21/h3-6,8-10,12,18H,2,7,11,13-14H2,1H3,(H3,24,26,27,28,29)/t18-/m0/s1. The molecule has 1 atom stereocenters. The Hall–Kier alpha value is -3.10. The largest absolute Gasteiger partial charge is 0.368 e. The zero-order valence-corrected chi connectivity index (χ0v) is 18.3. The van der Waals surface area contributed by atoms with Gasteiger partial charge in [-0.2, -0.15) is 15.0 Å². The minimum Gasteiger partial charge on any atom is -0.368 e. The Morgan fingerprint density at radius 3 is 2.77 bits per heavy atom. The van der Waals surface area contributed by atoms with Crippen molar-refractivity contribution in [3.8, 4) is 0 Å². The van der Waals surface area contributed by atoms with Gasteiger partial charge in [0.05, 0.1) is 22.8 Å². The van der Waals surface area contributed by atoms with Crippen molar-refractivity contribution in [2.24, 2.45) is 0 Å². The van der Waals surface area contributed by atoms with E-state index in [-0.39, 0.29) is 12.0 Å². The number of fused-ring (bicyclic) bond motifs is 1. The van der Waals surface area contributed by atoms with E-state index in [1.54, 1.807) is 11.3 Å². The van der Waals surface area contributed by atoms with Crippen molar-refractivity contribution in [2.75, 3.05) is 17.6 Å². The number of nitrogens with one attached hydrogen (secondary N) is 1. The number of nitrogens with zero attached hydrogens (tertiary/aromatic N) is 5. The summed E-state index contributed by atoms with van der Waals surface area (Å²) in [6.07, 6.45) is 3.15. The maximum Gasteiger partial charge on any atom is 0.232 e. The first kappa shape index (κ1) is 19.8. The van der Waals surface area contributed by atoms with Crippen molar-refractivity contribution < 1.29 is 0 Å². The van der Waals surface area contributed by atoms with Crippen molar-refractivity contribution in [2.45, 2.75) is 38.8 Å². The highest BCUT2D eigenvalue weighted by Gasteiger charge is 2.29. The Morgan fingerprint density at radius 2 is 1.90 bits per heavy atom. The molecule has 3 heterocycles. The molecule has 0 aliphatic carbocycles. The number of rotatable bonds is 6. The van der Waals surface area contributed by atoms with E-state index in [1.165, 1.54) is 10.3 Å². The first-order valence-electron chi connectivity index (χ1n) is 10.6. The fourth-order valence-corrected chi connectivity index (χ4v) is 5.28. The highest BCUT2D eigenvalue weighted by molar-refractivity contribution is 7.18. The highest BCUT2D eigenvalue weighted by Crippen LogP contribution is 2.37. The first-order valence-corrected chi connectivity index (χ1v) is 11.5. The summed E-state index contributed by atoms with van der Waals surface area (Å²) in [6, 6.07) is 16.8. The van der Waals surface area contributed by atoms with Crippen LogP contribution in [0.25, 0.3) is 10.2 Å². The molecule has 0 amide bonds. The molecule has 5 rings (SSSR count). The topological polar surface area (TPSA) is 92.8 Å². The number of hydrogen-bond acceptors (Lipinski definition) is 8. The number of para-hydroxylation sites is 2. The van der Waals surface area contributed by atoms with E-state index in [0.717, 1.165) is 42.0 Å². The fourth-order valence-electron chi connectivity index (χ4n) is 4.14. The van der Waals surface area contributed by atoms with Crippen LogP contribution in [0, 0.1) is 0 Å². The Balaban J connectivity index is 1.37. The summed E-state index contributed by atoms with van der Waals surface area (Å²) in [5.41, 5.74) is 9.30. The van der Waals surface area contributed by atoms with E-state index in [0.29, 0.717) is 18.3 Å². The maximum atomic E-state index is 6.02. The van der Waals surface area contributed by atoms with Gasteiger partial charge in [0.2, 0.25) is 11.9 Å². The summed E-state index contributed by atoms with van der Waals surface area (Å²) >= 11 is 1.78. The molecule has 7 nitrogen and oxygen atoms in total. The van der Waals surface area contributed by atoms with E-state index < -0.39 is 0 Å². The second-order valence-electron chi connectivity index (χ2n) is 7.72. The first-order chi connectivity index (χ1) is 15.2. The van der Waals surface area contributed by atoms with E-state index in [1.807, 2.05) is 24.3 Å². The van der Waals surface area contributed by atoms with Gasteiger partial charge in [0, 0.05) is 5.69 Å². The van der Waals surface area contributed by atoms with Crippen LogP contribution in [0.2, 0.25) is 0 Å². The lowest BCUT2D eigenvalue weighted by Crippen LogP contribution is -2.24. The molecule has 8 heteroatoms. The zero-order chi connectivity index (χ0) is 21.2. The number of nitrogen functional groups attached to an aromatic ring is 1. The third-order valence-electron chi connectivity index (χ3n) is 5.65. The zero-order valence-electron chi connectivity index (χ0n) is 17.5. The quantitative estimate of drug-likeness (QED) is 0.457. The van der Waals surface area contributed by atoms with Gasteiger partial charge in [-0.05, 0) is 49.6 Å². The van der Waals surface area contributed by atoms with Crippen LogP contribution in [-0.2, 0) is 13.0 Å². The van der Waals surface area contributed by atoms with Gasteiger partial charge in [-0.3, -0.25) is 4.90 Å². The van der Waals surface area contributed by atoms with Gasteiger partial charge < -0.3 is 11.1 Å². The number of aromatic nitrogens is 4. The normalized spacial score (nSPS) is 16.7. The van der Waals surface area contributed by atoms with Crippen LogP contribution in [0.5, 0.6) is 0 Å². The smallest absolute Gasteiger partial charge is 0.232 e. The van der Waals surface area contributed by atoms with Crippen LogP contribution in [0.4, 0.5) is 17.6 Å². The van der Waals surface area contributed by atoms with Gasteiger partial charge in [-0.25, -0.2) is 4.98 Å². The van der Waals surface area contributed by atoms with Gasteiger partial charge in [0.1, 0.15) is 10.8 Å². The van der Waals surface area contributed by atoms with Crippen LogP contribution in [0.1, 0.15) is 42.2 Å². The maximum absolute atomic E-state index is 6.02. The number of hydrogen-bond donors (Lipinski definition) is 2. The summed E-state index contributed by atoms with van der Waals surface area (Å²) in [5.74, 6) is 1.40. The van der Waals surface area contributed by atoms with Crippen molar-refractivity contribution in [3.63, 3.8) is 0 Å².